The number of fused-ring (bicyclic) bond motifs is 3. The zero-order valence-corrected chi connectivity index (χ0v) is 34.9. The summed E-state index contributed by atoms with van der Waals surface area (Å²) in [5.41, 5.74) is 0.973. The van der Waals surface area contributed by atoms with Gasteiger partial charge in [0.2, 0.25) is 0 Å². The molecule has 0 fully saturated rings. The smallest absolute Gasteiger partial charge is 0.371 e. The van der Waals surface area contributed by atoms with E-state index in [4.69, 9.17) is 24.9 Å². The molecule has 3 aliphatic rings. The fourth-order valence-corrected chi connectivity index (χ4v) is 8.45. The zero-order valence-electron chi connectivity index (χ0n) is 34.9. The molecule has 1 N–H and O–H groups in total. The van der Waals surface area contributed by atoms with Gasteiger partial charge in [0.25, 0.3) is 0 Å². The van der Waals surface area contributed by atoms with Crippen molar-refractivity contribution in [2.75, 3.05) is 5.32 Å². The first-order valence-electron chi connectivity index (χ1n) is 20.8. The minimum Gasteiger partial charge on any atom is -0.371 e. The van der Waals surface area contributed by atoms with Crippen molar-refractivity contribution in [3.05, 3.63) is 203 Å². The minimum absolute atomic E-state index is 0.0156. The predicted molar refractivity (Wildman–Crippen MR) is 241 cm³/mol. The van der Waals surface area contributed by atoms with Crippen LogP contribution in [-0.2, 0) is 12.4 Å². The Labute approximate surface area is 376 Å². The van der Waals surface area contributed by atoms with Gasteiger partial charge in [-0.25, -0.2) is 15.0 Å². The molecule has 6 nitrogen and oxygen atoms in total. The SMILES string of the molecule is CC12C=CC(C(F)(F)F)=CC1N=C(c1ccccc1)C(c1cc(C3=Nc4ccc(C(F)(F)F)cc4NC3c3ccccc3)cc(-c3nc4ccc(C(F)(F)F)cc4nc3-c3ccccc3)c1)=N2. The summed E-state index contributed by atoms with van der Waals surface area (Å²) in [6, 6.07) is 36.3. The predicted octanol–water partition coefficient (Wildman–Crippen LogP) is 13.8. The van der Waals surface area contributed by atoms with Crippen molar-refractivity contribution in [3.63, 3.8) is 0 Å². The molecule has 1 aromatic heterocycles. The van der Waals surface area contributed by atoms with E-state index >= 15 is 0 Å². The quantitative estimate of drug-likeness (QED) is 0.169. The summed E-state index contributed by atoms with van der Waals surface area (Å²) in [4.78, 5) is 24.9. The number of nitrogens with zero attached hydrogens (tertiary/aromatic N) is 5. The number of hydrogen-bond donors (Lipinski definition) is 1. The molecule has 2 aliphatic heterocycles. The summed E-state index contributed by atoms with van der Waals surface area (Å²) < 4.78 is 126. The first-order chi connectivity index (χ1) is 31.9. The minimum atomic E-state index is -4.66. The van der Waals surface area contributed by atoms with E-state index in [0.29, 0.717) is 44.8 Å². The number of allylic oxidation sites excluding steroid dienone is 2. The van der Waals surface area contributed by atoms with Gasteiger partial charge in [0.05, 0.1) is 79.7 Å². The number of benzene rings is 6. The van der Waals surface area contributed by atoms with Crippen molar-refractivity contribution >= 4 is 39.5 Å². The number of nitrogens with one attached hydrogen (secondary N) is 1. The van der Waals surface area contributed by atoms with Gasteiger partial charge in [-0.2, -0.15) is 39.5 Å². The van der Waals surface area contributed by atoms with E-state index in [1.54, 1.807) is 116 Å². The number of alkyl halides is 9. The van der Waals surface area contributed by atoms with Crippen LogP contribution >= 0.6 is 0 Å². The van der Waals surface area contributed by atoms with Gasteiger partial charge >= 0.3 is 18.5 Å². The van der Waals surface area contributed by atoms with Crippen LogP contribution in [0.3, 0.4) is 0 Å². The van der Waals surface area contributed by atoms with Crippen molar-refractivity contribution < 1.29 is 39.5 Å². The van der Waals surface area contributed by atoms with E-state index < -0.39 is 52.9 Å². The van der Waals surface area contributed by atoms with E-state index in [1.807, 2.05) is 0 Å². The van der Waals surface area contributed by atoms with Crippen LogP contribution < -0.4 is 5.32 Å². The van der Waals surface area contributed by atoms with E-state index in [0.717, 1.165) is 36.4 Å². The number of anilines is 1. The molecule has 67 heavy (non-hydrogen) atoms. The topological polar surface area (TPSA) is 74.9 Å². The van der Waals surface area contributed by atoms with Crippen LogP contribution in [0.2, 0.25) is 0 Å². The Balaban J connectivity index is 1.26. The van der Waals surface area contributed by atoms with Crippen LogP contribution in [0.15, 0.2) is 184 Å². The Morgan fingerprint density at radius 1 is 0.537 bits per heavy atom. The van der Waals surface area contributed by atoms with Gasteiger partial charge in [-0.15, -0.1) is 0 Å². The molecule has 1 aliphatic carbocycles. The molecule has 15 heteroatoms. The Kier molecular flexibility index (Phi) is 10.3. The highest BCUT2D eigenvalue weighted by molar-refractivity contribution is 6.54. The second-order valence-electron chi connectivity index (χ2n) is 16.4. The molecule has 0 radical (unpaired) electrons. The molecular weight excluding hydrogens is 880 g/mol. The molecule has 0 amide bonds. The summed E-state index contributed by atoms with van der Waals surface area (Å²) in [6.07, 6.45) is -10.5. The number of aliphatic imine (C=N–C) groups is 3. The van der Waals surface area contributed by atoms with E-state index in [-0.39, 0.29) is 39.5 Å². The fraction of sp³-hybridized carbons (Fsp3) is 0.135. The molecule has 7 aromatic rings. The molecule has 10 rings (SSSR count). The van der Waals surface area contributed by atoms with Gasteiger partial charge in [0.1, 0.15) is 5.54 Å². The Bertz CT molecular complexity index is 3250. The average Bonchev–Trinajstić information content (AvgIpc) is 3.32. The Hall–Kier alpha value is -7.68. The molecular formula is C52H33F9N6. The highest BCUT2D eigenvalue weighted by Crippen LogP contribution is 2.44. The van der Waals surface area contributed by atoms with Crippen LogP contribution in [-0.4, -0.2) is 44.9 Å². The van der Waals surface area contributed by atoms with Crippen LogP contribution in [0.4, 0.5) is 50.9 Å². The molecule has 0 bridgehead atoms. The highest BCUT2D eigenvalue weighted by atomic mass is 19.4. The molecule has 6 aromatic carbocycles. The first kappa shape index (κ1) is 43.2. The van der Waals surface area contributed by atoms with Crippen molar-refractivity contribution in [1.82, 2.24) is 9.97 Å². The van der Waals surface area contributed by atoms with Gasteiger partial charge in [0.15, 0.2) is 0 Å². The second kappa shape index (κ2) is 16.0. The average molecular weight is 913 g/mol. The zero-order chi connectivity index (χ0) is 46.9. The van der Waals surface area contributed by atoms with Crippen LogP contribution in [0.25, 0.3) is 33.5 Å². The van der Waals surface area contributed by atoms with Gasteiger partial charge in [-0.3, -0.25) is 9.98 Å². The second-order valence-corrected chi connectivity index (χ2v) is 16.4. The van der Waals surface area contributed by atoms with Crippen LogP contribution in [0.5, 0.6) is 0 Å². The van der Waals surface area contributed by atoms with Crippen molar-refractivity contribution in [2.45, 2.75) is 43.1 Å². The Morgan fingerprint density at radius 2 is 1.12 bits per heavy atom. The molecule has 0 saturated carbocycles. The summed E-state index contributed by atoms with van der Waals surface area (Å²) in [5.74, 6) is 0. The van der Waals surface area contributed by atoms with Gasteiger partial charge in [-0.05, 0) is 78.7 Å². The van der Waals surface area contributed by atoms with Gasteiger partial charge in [0, 0.05) is 22.3 Å². The lowest BCUT2D eigenvalue weighted by molar-refractivity contribution is -0.138. The van der Waals surface area contributed by atoms with E-state index in [2.05, 4.69) is 5.32 Å². The number of aromatic nitrogens is 2. The molecule has 334 valence electrons. The standard InChI is InChI=1S/C52H33F9N6/c1-49-22-21-37(52(59,60)61)28-42(49)66-45(31-15-9-4-10-16-31)48(67-49)34-24-32(46-43(29-11-5-2-6-12-29)64-40-26-35(50(53,54)55)17-19-38(40)62-46)23-33(25-34)47-44(30-13-7-3-8-14-30)65-41-27-36(51(56,57)58)18-20-39(41)63-47/h2-28,42-43,64H,1H3. The normalized spacial score (nSPS) is 19.4. The maximum atomic E-state index is 14.1. The molecule has 3 unspecified atom stereocenters. The lowest BCUT2D eigenvalue weighted by atomic mass is 9.82. The van der Waals surface area contributed by atoms with Crippen molar-refractivity contribution in [3.8, 4) is 22.5 Å². The lowest BCUT2D eigenvalue weighted by Crippen LogP contribution is -2.43. The number of halogens is 9. The van der Waals surface area contributed by atoms with Crippen LogP contribution in [0, 0.1) is 0 Å². The summed E-state index contributed by atoms with van der Waals surface area (Å²) in [7, 11) is 0. The third kappa shape index (κ3) is 8.30. The highest BCUT2D eigenvalue weighted by Gasteiger charge is 2.43. The van der Waals surface area contributed by atoms with Crippen molar-refractivity contribution in [1.29, 1.82) is 0 Å². The van der Waals surface area contributed by atoms with Gasteiger partial charge in [-0.1, -0.05) is 103 Å². The maximum Gasteiger partial charge on any atom is 0.416 e. The van der Waals surface area contributed by atoms with Gasteiger partial charge < -0.3 is 5.32 Å². The lowest BCUT2D eigenvalue weighted by Gasteiger charge is -2.36. The number of rotatable bonds is 6. The molecule has 3 atom stereocenters. The fourth-order valence-electron chi connectivity index (χ4n) is 8.45. The van der Waals surface area contributed by atoms with E-state index in [9.17, 15) is 39.5 Å². The molecule has 0 spiro atoms. The monoisotopic (exact) mass is 912 g/mol. The largest absolute Gasteiger partial charge is 0.416 e. The first-order valence-corrected chi connectivity index (χ1v) is 20.8. The maximum absolute atomic E-state index is 14.1. The van der Waals surface area contributed by atoms with Crippen LogP contribution in [0.1, 0.15) is 46.3 Å². The summed E-state index contributed by atoms with van der Waals surface area (Å²) in [6.45, 7) is 1.68. The van der Waals surface area contributed by atoms with Crippen molar-refractivity contribution in [2.24, 2.45) is 15.0 Å². The summed E-state index contributed by atoms with van der Waals surface area (Å²) >= 11 is 0. The van der Waals surface area contributed by atoms with E-state index in [1.165, 1.54) is 18.2 Å². The summed E-state index contributed by atoms with van der Waals surface area (Å²) in [5, 5.41) is 3.29. The number of hydrogen-bond acceptors (Lipinski definition) is 6. The third-order valence-electron chi connectivity index (χ3n) is 11.8. The molecule has 0 saturated heterocycles. The molecule has 3 heterocycles. The Morgan fingerprint density at radius 3 is 1.79 bits per heavy atom. The third-order valence-corrected chi connectivity index (χ3v) is 11.8.